The fraction of sp³-hybridized carbons (Fsp3) is 0.615. The predicted octanol–water partition coefficient (Wildman–Crippen LogP) is 1.53. The molecule has 0 saturated carbocycles. The van der Waals surface area contributed by atoms with Gasteiger partial charge in [-0.2, -0.15) is 0 Å². The fourth-order valence-electron chi connectivity index (χ4n) is 1.68. The highest BCUT2D eigenvalue weighted by atomic mass is 16.7. The molecule has 0 atom stereocenters. The maximum Gasteiger partial charge on any atom is 0.496 e. The van der Waals surface area contributed by atoms with E-state index in [1.807, 2.05) is 27.7 Å². The Balaban J connectivity index is 2.28. The minimum atomic E-state index is -2.86. The summed E-state index contributed by atoms with van der Waals surface area (Å²) in [6.07, 6.45) is 2.72. The van der Waals surface area contributed by atoms with Crippen molar-refractivity contribution in [3.8, 4) is 0 Å². The Hall–Kier alpha value is -0.905. The molecule has 2 rings (SSSR count). The van der Waals surface area contributed by atoms with Gasteiger partial charge in [0.1, 0.15) is 0 Å². The highest BCUT2D eigenvalue weighted by Gasteiger charge is 2.51. The average molecular weight is 254 g/mol. The van der Waals surface area contributed by atoms with Gasteiger partial charge in [0.15, 0.2) is 0 Å². The molecule has 5 heteroatoms. The van der Waals surface area contributed by atoms with Crippen LogP contribution in [0.4, 0.5) is 0 Å². The predicted molar refractivity (Wildman–Crippen MR) is 70.7 cm³/mol. The van der Waals surface area contributed by atoms with Gasteiger partial charge in [0, 0.05) is 24.9 Å². The molecular weight excluding hydrogens is 229 g/mol. The van der Waals surface area contributed by atoms with E-state index in [1.165, 1.54) is 18.5 Å². The van der Waals surface area contributed by atoms with Crippen LogP contribution in [0.15, 0.2) is 18.5 Å². The molecule has 0 unspecified atom stereocenters. The molecule has 0 aliphatic carbocycles. The van der Waals surface area contributed by atoms with E-state index in [1.54, 1.807) is 0 Å². The van der Waals surface area contributed by atoms with Crippen LogP contribution in [0.25, 0.3) is 0 Å². The van der Waals surface area contributed by atoms with Gasteiger partial charge in [0.05, 0.1) is 24.6 Å². The fourth-order valence-corrected chi connectivity index (χ4v) is 1.68. The Labute approximate surface area is 116 Å². The molecule has 1 aliphatic heterocycles. The van der Waals surface area contributed by atoms with Gasteiger partial charge >= 0.3 is 7.12 Å². The summed E-state index contributed by atoms with van der Waals surface area (Å²) in [6.45, 7) is 5.11. The third kappa shape index (κ3) is 2.43. The lowest BCUT2D eigenvalue weighted by atomic mass is 9.80. The van der Waals surface area contributed by atoms with E-state index in [2.05, 4.69) is 9.72 Å². The largest absolute Gasteiger partial charge is 0.496 e. The molecule has 0 radical (unpaired) electrons. The van der Waals surface area contributed by atoms with Gasteiger partial charge in [-0.25, -0.2) is 0 Å². The first kappa shape index (κ1) is 8.30. The number of pyridine rings is 1. The Bertz CT molecular complexity index is 575. The molecule has 98 valence electrons. The second kappa shape index (κ2) is 4.65. The summed E-state index contributed by atoms with van der Waals surface area (Å²) in [5.41, 5.74) is -0.593. The quantitative estimate of drug-likeness (QED) is 0.767. The van der Waals surface area contributed by atoms with E-state index >= 15 is 0 Å². The van der Waals surface area contributed by atoms with E-state index in [9.17, 15) is 0 Å². The van der Waals surface area contributed by atoms with Crippen LogP contribution in [0.3, 0.4) is 0 Å². The van der Waals surface area contributed by atoms with Crippen LogP contribution in [0.1, 0.15) is 40.1 Å². The van der Waals surface area contributed by atoms with Gasteiger partial charge in [-0.3, -0.25) is 4.98 Å². The second-order valence-electron chi connectivity index (χ2n) is 5.30. The molecule has 1 saturated heterocycles. The van der Waals surface area contributed by atoms with E-state index in [-0.39, 0.29) is 5.56 Å². The Morgan fingerprint density at radius 2 is 2.00 bits per heavy atom. The zero-order chi connectivity index (χ0) is 17.7. The Morgan fingerprint density at radius 1 is 1.33 bits per heavy atom. The van der Waals surface area contributed by atoms with E-state index < -0.39 is 31.9 Å². The molecule has 1 aromatic heterocycles. The lowest BCUT2D eigenvalue weighted by Crippen LogP contribution is -2.41. The summed E-state index contributed by atoms with van der Waals surface area (Å²) in [4.78, 5) is 3.96. The van der Waals surface area contributed by atoms with Crippen molar-refractivity contribution < 1.29 is 20.9 Å². The second-order valence-corrected chi connectivity index (χ2v) is 5.30. The highest BCUT2D eigenvalue weighted by Crippen LogP contribution is 2.36. The first-order chi connectivity index (χ1) is 10.2. The normalized spacial score (nSPS) is 26.9. The van der Waals surface area contributed by atoms with Crippen molar-refractivity contribution in [3.63, 3.8) is 0 Å². The van der Waals surface area contributed by atoms with Gasteiger partial charge in [-0.05, 0) is 33.3 Å². The van der Waals surface area contributed by atoms with Crippen LogP contribution in [-0.2, 0) is 20.6 Å². The van der Waals surface area contributed by atoms with Gasteiger partial charge in [-0.1, -0.05) is 6.07 Å². The lowest BCUT2D eigenvalue weighted by molar-refractivity contribution is 0.00578. The topological polar surface area (TPSA) is 40.6 Å². The SMILES string of the molecule is [2H]C([2H])([2H])OC([2H])([2H])c1cncc(B2OC(C)(C)C(C)(C)O2)c1. The van der Waals surface area contributed by atoms with Gasteiger partial charge in [0.2, 0.25) is 0 Å². The maximum absolute atomic E-state index is 7.81. The summed E-state index contributed by atoms with van der Waals surface area (Å²) in [6, 6.07) is 1.45. The third-order valence-corrected chi connectivity index (χ3v) is 3.45. The highest BCUT2D eigenvalue weighted by molar-refractivity contribution is 6.62. The molecule has 0 bridgehead atoms. The van der Waals surface area contributed by atoms with Crippen LogP contribution in [0.5, 0.6) is 0 Å². The van der Waals surface area contributed by atoms with Crippen LogP contribution in [0.2, 0.25) is 0 Å². The van der Waals surface area contributed by atoms with Gasteiger partial charge in [-0.15, -0.1) is 0 Å². The number of methoxy groups -OCH3 is 1. The van der Waals surface area contributed by atoms with E-state index in [0.717, 1.165) is 0 Å². The summed E-state index contributed by atoms with van der Waals surface area (Å²) >= 11 is 0. The molecule has 0 N–H and O–H groups in total. The molecule has 0 aromatic carbocycles. The van der Waals surface area contributed by atoms with Crippen molar-refractivity contribution in [2.75, 3.05) is 7.04 Å². The van der Waals surface area contributed by atoms with Crippen molar-refractivity contribution in [2.24, 2.45) is 0 Å². The summed E-state index contributed by atoms with van der Waals surface area (Å²) in [5, 5.41) is 0. The van der Waals surface area contributed by atoms with E-state index in [0.29, 0.717) is 5.46 Å². The van der Waals surface area contributed by atoms with Gasteiger partial charge < -0.3 is 14.0 Å². The number of hydrogen-bond acceptors (Lipinski definition) is 4. The molecule has 1 aromatic rings. The third-order valence-electron chi connectivity index (χ3n) is 3.45. The molecule has 2 heterocycles. The number of rotatable bonds is 3. The lowest BCUT2D eigenvalue weighted by Gasteiger charge is -2.32. The number of hydrogen-bond donors (Lipinski definition) is 0. The van der Waals surface area contributed by atoms with Crippen molar-refractivity contribution in [1.29, 1.82) is 0 Å². The van der Waals surface area contributed by atoms with Crippen molar-refractivity contribution in [1.82, 2.24) is 4.98 Å². The first-order valence-electron chi connectivity index (χ1n) is 8.25. The Morgan fingerprint density at radius 3 is 2.61 bits per heavy atom. The number of ether oxygens (including phenoxy) is 1. The first-order valence-corrected chi connectivity index (χ1v) is 5.75. The van der Waals surface area contributed by atoms with Crippen molar-refractivity contribution >= 4 is 12.6 Å². The van der Waals surface area contributed by atoms with Gasteiger partial charge in [0.25, 0.3) is 0 Å². The maximum atomic E-state index is 7.81. The zero-order valence-corrected chi connectivity index (χ0v) is 11.0. The van der Waals surface area contributed by atoms with Crippen LogP contribution in [-0.4, -0.2) is 30.3 Å². The molecule has 0 amide bonds. The van der Waals surface area contributed by atoms with Crippen molar-refractivity contribution in [3.05, 3.63) is 24.0 Å². The summed E-state index contributed by atoms with van der Waals surface area (Å²) in [5.74, 6) is 0. The molecule has 18 heavy (non-hydrogen) atoms. The standard InChI is InChI=1S/C13H20BNO3/c1-12(2)13(3,4)18-14(17-12)11-6-10(9-16-5)7-15-8-11/h6-8H,9H2,1-5H3/i5D3,9D2. The monoisotopic (exact) mass is 254 g/mol. The summed E-state index contributed by atoms with van der Waals surface area (Å²) < 4.78 is 53.1. The summed E-state index contributed by atoms with van der Waals surface area (Å²) in [7, 11) is -3.57. The molecule has 0 spiro atoms. The average Bonchev–Trinajstić information content (AvgIpc) is 2.56. The smallest absolute Gasteiger partial charge is 0.399 e. The Kier molecular flexibility index (Phi) is 2.14. The molecular formula is C13H20BNO3. The van der Waals surface area contributed by atoms with Crippen molar-refractivity contribution in [2.45, 2.75) is 45.5 Å². The molecule has 4 nitrogen and oxygen atoms in total. The minimum absolute atomic E-state index is 0.0131. The minimum Gasteiger partial charge on any atom is -0.399 e. The zero-order valence-electron chi connectivity index (χ0n) is 16.0. The molecule has 1 fully saturated rings. The van der Waals surface area contributed by atoms with Crippen LogP contribution >= 0.6 is 0 Å². The van der Waals surface area contributed by atoms with Crippen LogP contribution < -0.4 is 5.46 Å². The molecule has 1 aliphatic rings. The number of aromatic nitrogens is 1. The number of nitrogens with zero attached hydrogens (tertiary/aromatic N) is 1. The van der Waals surface area contributed by atoms with E-state index in [4.69, 9.17) is 16.2 Å². The van der Waals surface area contributed by atoms with Crippen LogP contribution in [0, 0.1) is 0 Å².